The number of halogens is 12. The van der Waals surface area contributed by atoms with Crippen molar-refractivity contribution in [1.29, 1.82) is 0 Å². The molecule has 0 radical (unpaired) electrons. The summed E-state index contributed by atoms with van der Waals surface area (Å²) >= 11 is 0. The molecule has 1 aliphatic carbocycles. The zero-order chi connectivity index (χ0) is 52.3. The molecule has 384 valence electrons. The summed E-state index contributed by atoms with van der Waals surface area (Å²) < 4.78 is 177. The molecule has 0 saturated heterocycles. The summed E-state index contributed by atoms with van der Waals surface area (Å²) in [5.41, 5.74) is -5.28. The number of carboxylic acid groups (broad SMARTS) is 1. The highest BCUT2D eigenvalue weighted by Gasteiger charge is 2.57. The molecule has 2 aromatic carbocycles. The highest BCUT2D eigenvalue weighted by Crippen LogP contribution is 2.42. The number of hydrogen-bond acceptors (Lipinski definition) is 9. The third-order valence-electron chi connectivity index (χ3n) is 11.4. The van der Waals surface area contributed by atoms with Crippen LogP contribution in [0.4, 0.5) is 62.3 Å². The van der Waals surface area contributed by atoms with Crippen LogP contribution >= 0.6 is 0 Å². The number of ether oxygens (including phenoxy) is 1. The molecule has 1 saturated carbocycles. The molecule has 4 amide bonds. The van der Waals surface area contributed by atoms with Gasteiger partial charge in [-0.15, -0.1) is 0 Å². The minimum atomic E-state index is -5.30. The Hall–Kier alpha value is -6.58. The number of nitrogens with zero attached hydrogens (tertiary/aromatic N) is 5. The Morgan fingerprint density at radius 1 is 0.743 bits per heavy atom. The molecular weight excluding hydrogens is 970 g/mol. The van der Waals surface area contributed by atoms with E-state index in [1.54, 1.807) is 0 Å². The van der Waals surface area contributed by atoms with Crippen LogP contribution in [0.5, 0.6) is 0 Å². The summed E-state index contributed by atoms with van der Waals surface area (Å²) in [6.45, 7) is -6.54. The fraction of sp³-hybridized carbons (Fsp3) is 0.476. The molecule has 4 aromatic rings. The normalized spacial score (nSPS) is 15.4. The van der Waals surface area contributed by atoms with Crippen LogP contribution in [0.1, 0.15) is 64.8 Å². The van der Waals surface area contributed by atoms with Crippen LogP contribution in [0.25, 0.3) is 22.3 Å². The summed E-state index contributed by atoms with van der Waals surface area (Å²) in [5, 5.41) is 34.2. The Kier molecular flexibility index (Phi) is 16.5. The topological polar surface area (TPSA) is 205 Å². The number of alkyl carbamates (subject to hydrolysis) is 1. The third-order valence-corrected chi connectivity index (χ3v) is 11.4. The van der Waals surface area contributed by atoms with E-state index in [1.165, 1.54) is 29.6 Å². The van der Waals surface area contributed by atoms with E-state index >= 15 is 8.78 Å². The van der Waals surface area contributed by atoms with Crippen molar-refractivity contribution < 1.29 is 86.8 Å². The average Bonchev–Trinajstić information content (AvgIpc) is 3.67. The molecule has 6 N–H and O–H groups in total. The maximum atomic E-state index is 15.9. The lowest BCUT2D eigenvalue weighted by molar-refractivity contribution is -0.221. The number of aliphatic hydroxyl groups excluding tert-OH is 1. The number of rotatable bonds is 20. The van der Waals surface area contributed by atoms with E-state index < -0.39 is 127 Å². The van der Waals surface area contributed by atoms with Gasteiger partial charge in [0.1, 0.15) is 29.8 Å². The number of carbonyl (C=O) groups is 4. The van der Waals surface area contributed by atoms with Crippen molar-refractivity contribution in [1.82, 2.24) is 45.9 Å². The Morgan fingerprint density at radius 2 is 1.23 bits per heavy atom. The lowest BCUT2D eigenvalue weighted by Crippen LogP contribution is -2.63. The van der Waals surface area contributed by atoms with Crippen LogP contribution in [-0.4, -0.2) is 108 Å². The lowest BCUT2D eigenvalue weighted by atomic mass is 9.82. The Bertz CT molecular complexity index is 2470. The van der Waals surface area contributed by atoms with E-state index in [0.717, 1.165) is 24.8 Å². The minimum Gasteiger partial charge on any atom is -0.465 e. The Balaban J connectivity index is 1.56. The van der Waals surface area contributed by atoms with E-state index in [9.17, 15) is 73.3 Å². The highest BCUT2D eigenvalue weighted by atomic mass is 19.4. The summed E-state index contributed by atoms with van der Waals surface area (Å²) in [6, 6.07) is -0.385. The lowest BCUT2D eigenvalue weighted by Gasteiger charge is -2.38. The number of alkyl halides is 10. The second kappa shape index (κ2) is 21.2. The number of aliphatic hydroxyl groups is 1. The predicted octanol–water partition coefficient (Wildman–Crippen LogP) is 7.47. The first kappa shape index (κ1) is 54.4. The fourth-order valence-corrected chi connectivity index (χ4v) is 6.75. The van der Waals surface area contributed by atoms with Gasteiger partial charge in [0.15, 0.2) is 0 Å². The maximum Gasteiger partial charge on any atom is 0.408 e. The predicted molar refractivity (Wildman–Crippen MR) is 219 cm³/mol. The van der Waals surface area contributed by atoms with Gasteiger partial charge in [0.2, 0.25) is 5.91 Å². The zero-order valence-electron chi connectivity index (χ0n) is 37.1. The van der Waals surface area contributed by atoms with Gasteiger partial charge in [-0.05, 0) is 75.8 Å². The molecule has 2 heterocycles. The van der Waals surface area contributed by atoms with Crippen LogP contribution in [0.3, 0.4) is 0 Å². The molecule has 4 unspecified atom stereocenters. The molecule has 4 atom stereocenters. The number of hydrazine groups is 1. The summed E-state index contributed by atoms with van der Waals surface area (Å²) in [6.07, 6.45) is -13.0. The molecule has 1 fully saturated rings. The molecule has 5 rings (SSSR count). The van der Waals surface area contributed by atoms with Crippen LogP contribution < -0.4 is 21.4 Å². The average molecular weight is 1020 g/mol. The van der Waals surface area contributed by atoms with Gasteiger partial charge in [-0.3, -0.25) is 15.0 Å². The number of amides is 4. The van der Waals surface area contributed by atoms with Crippen molar-refractivity contribution in [3.63, 3.8) is 0 Å². The van der Waals surface area contributed by atoms with Gasteiger partial charge in [0.25, 0.3) is 5.91 Å². The van der Waals surface area contributed by atoms with Crippen LogP contribution in [0, 0.1) is 22.5 Å². The number of carbonyl (C=O) groups excluding carboxylic acids is 3. The van der Waals surface area contributed by atoms with Crippen molar-refractivity contribution in [2.24, 2.45) is 10.8 Å². The van der Waals surface area contributed by atoms with Gasteiger partial charge in [-0.25, -0.2) is 32.7 Å². The molecular formula is C42H45F12N9O7. The van der Waals surface area contributed by atoms with Gasteiger partial charge < -0.3 is 30.9 Å². The van der Waals surface area contributed by atoms with Crippen LogP contribution in [-0.2, 0) is 27.3 Å². The first-order valence-corrected chi connectivity index (χ1v) is 20.8. The second-order valence-electron chi connectivity index (χ2n) is 17.3. The first-order valence-electron chi connectivity index (χ1n) is 20.8. The van der Waals surface area contributed by atoms with E-state index in [1.807, 2.05) is 10.7 Å². The van der Waals surface area contributed by atoms with E-state index in [4.69, 9.17) is 4.74 Å². The van der Waals surface area contributed by atoms with Gasteiger partial charge in [-0.2, -0.15) is 54.1 Å². The second-order valence-corrected chi connectivity index (χ2v) is 17.3. The highest BCUT2D eigenvalue weighted by molar-refractivity contribution is 5.87. The van der Waals surface area contributed by atoms with Crippen LogP contribution in [0.15, 0.2) is 61.2 Å². The molecule has 0 aliphatic heterocycles. The number of nitrogens with one attached hydrogen (secondary N) is 4. The van der Waals surface area contributed by atoms with Crippen LogP contribution in [0.2, 0.25) is 0 Å². The monoisotopic (exact) mass is 1020 g/mol. The van der Waals surface area contributed by atoms with E-state index in [2.05, 4.69) is 15.5 Å². The number of aromatic nitrogens is 4. The molecule has 28 heteroatoms. The minimum absolute atomic E-state index is 0.151. The molecule has 1 aliphatic rings. The zero-order valence-corrected chi connectivity index (χ0v) is 37.1. The van der Waals surface area contributed by atoms with Gasteiger partial charge in [0.05, 0.1) is 35.4 Å². The smallest absolute Gasteiger partial charge is 0.408 e. The summed E-state index contributed by atoms with van der Waals surface area (Å²) in [5.74, 6) is -6.33. The third kappa shape index (κ3) is 13.2. The molecule has 2 aromatic heterocycles. The Labute approximate surface area is 389 Å². The maximum absolute atomic E-state index is 15.9. The largest absolute Gasteiger partial charge is 0.465 e. The quantitative estimate of drug-likeness (QED) is 0.0381. The van der Waals surface area contributed by atoms with Gasteiger partial charge in [0, 0.05) is 42.2 Å². The Morgan fingerprint density at radius 3 is 1.67 bits per heavy atom. The van der Waals surface area contributed by atoms with Crippen molar-refractivity contribution in [3.8, 4) is 22.3 Å². The van der Waals surface area contributed by atoms with Crippen molar-refractivity contribution in [2.75, 3.05) is 6.54 Å². The fourth-order valence-electron chi connectivity index (χ4n) is 6.75. The van der Waals surface area contributed by atoms with Gasteiger partial charge >= 0.3 is 37.6 Å². The number of benzene rings is 2. The van der Waals surface area contributed by atoms with Crippen molar-refractivity contribution in [3.05, 3.63) is 83.9 Å². The summed E-state index contributed by atoms with van der Waals surface area (Å²) in [4.78, 5) is 52.2. The van der Waals surface area contributed by atoms with Crippen molar-refractivity contribution in [2.45, 2.75) is 109 Å². The SMILES string of the molecule is CC(C)(C(NC(=O)O)C(=O)NN(Cc1c(F)cc(-c2cnn(C(F)F)c2)cc1F)CC(O)C(Cc1ccc(-c2cnn(C(F)F)c2)cc1)NC(=O)C(NC(=O)OC1CC1)C(C)(C)C(F)(F)F)C(F)(F)F. The first-order chi connectivity index (χ1) is 32.4. The van der Waals surface area contributed by atoms with Crippen molar-refractivity contribution >= 4 is 24.0 Å². The van der Waals surface area contributed by atoms with Gasteiger partial charge in [-0.1, -0.05) is 24.3 Å². The molecule has 16 nitrogen and oxygen atoms in total. The molecule has 0 spiro atoms. The molecule has 70 heavy (non-hydrogen) atoms. The standard InChI is InChI=1S/C42H45F12N9O7/c1-39(2,41(49,50)51)31(59-38(69)70-25-9-10-25)33(65)57-29(11-20-5-7-21(8-6-20)23-14-55-62(16-23)35(45)46)30(64)19-61(60-34(66)32(58-37(67)68)40(3,4)42(52,53)54)18-26-27(43)12-22(13-28(26)44)24-15-56-63(17-24)36(47)48/h5-8,12-17,25,29-32,35-36,58,64H,9-11,18-19H2,1-4H3,(H,57,65)(H,59,69)(H,60,66)(H,67,68). The summed E-state index contributed by atoms with van der Waals surface area (Å²) in [7, 11) is 0. The number of hydrogen-bond donors (Lipinski definition) is 6. The van der Waals surface area contributed by atoms with E-state index in [-0.39, 0.29) is 26.9 Å². The van der Waals surface area contributed by atoms with E-state index in [0.29, 0.717) is 67.9 Å². The molecule has 0 bridgehead atoms.